The fourth-order valence-corrected chi connectivity index (χ4v) is 1.97. The summed E-state index contributed by atoms with van der Waals surface area (Å²) in [5.74, 6) is 0.777. The second kappa shape index (κ2) is 6.40. The van der Waals surface area contributed by atoms with E-state index < -0.39 is 0 Å². The molecule has 0 heterocycles. The highest BCUT2D eigenvalue weighted by Crippen LogP contribution is 2.28. The molecule has 1 aromatic rings. The molecule has 1 aromatic carbocycles. The van der Waals surface area contributed by atoms with Gasteiger partial charge in [0.25, 0.3) is 5.91 Å². The molecular weight excluding hydrogens is 230 g/mol. The quantitative estimate of drug-likeness (QED) is 0.814. The third-order valence-electron chi connectivity index (χ3n) is 3.07. The van der Waals surface area contributed by atoms with Crippen molar-refractivity contribution >= 4 is 5.91 Å². The fourth-order valence-electron chi connectivity index (χ4n) is 1.97. The van der Waals surface area contributed by atoms with Crippen LogP contribution in [0.5, 0.6) is 5.75 Å². The molecule has 1 rings (SSSR count). The van der Waals surface area contributed by atoms with Crippen LogP contribution < -0.4 is 10.1 Å². The van der Waals surface area contributed by atoms with E-state index in [4.69, 9.17) is 9.47 Å². The lowest BCUT2D eigenvalue weighted by Crippen LogP contribution is -2.27. The molecule has 4 heteroatoms. The molecule has 0 fully saturated rings. The number of aryl methyl sites for hydroxylation is 1. The van der Waals surface area contributed by atoms with Crippen LogP contribution >= 0.6 is 0 Å². The summed E-state index contributed by atoms with van der Waals surface area (Å²) in [6, 6.07) is 1.86. The van der Waals surface area contributed by atoms with Gasteiger partial charge >= 0.3 is 0 Å². The summed E-state index contributed by atoms with van der Waals surface area (Å²) in [7, 11) is 3.26. The van der Waals surface area contributed by atoms with Gasteiger partial charge in [0.1, 0.15) is 5.75 Å². The zero-order valence-electron chi connectivity index (χ0n) is 11.7. The maximum atomic E-state index is 12.0. The van der Waals surface area contributed by atoms with Crippen LogP contribution in [0.3, 0.4) is 0 Å². The van der Waals surface area contributed by atoms with Gasteiger partial charge in [-0.2, -0.15) is 0 Å². The maximum Gasteiger partial charge on any atom is 0.251 e. The van der Waals surface area contributed by atoms with Gasteiger partial charge in [0.05, 0.1) is 13.7 Å². The summed E-state index contributed by atoms with van der Waals surface area (Å²) in [5.41, 5.74) is 3.63. The molecule has 0 radical (unpaired) electrons. The van der Waals surface area contributed by atoms with Gasteiger partial charge in [-0.3, -0.25) is 4.79 Å². The second-order valence-corrected chi connectivity index (χ2v) is 4.27. The van der Waals surface area contributed by atoms with Crippen molar-refractivity contribution in [3.05, 3.63) is 28.3 Å². The molecule has 100 valence electrons. The van der Waals surface area contributed by atoms with Crippen LogP contribution in [0.25, 0.3) is 0 Å². The number of ether oxygens (including phenoxy) is 2. The Labute approximate surface area is 108 Å². The SMILES string of the molecule is COCCNC(=O)c1cc(C)c(OC)c(C)c1C. The number of carbonyl (C=O) groups is 1. The van der Waals surface area contributed by atoms with E-state index in [1.165, 1.54) is 0 Å². The third kappa shape index (κ3) is 3.01. The standard InChI is InChI=1S/C14H21NO3/c1-9-8-12(14(16)15-6-7-17-4)10(2)11(3)13(9)18-5/h8H,6-7H2,1-5H3,(H,15,16). The maximum absolute atomic E-state index is 12.0. The van der Waals surface area contributed by atoms with Gasteiger partial charge in [-0.1, -0.05) is 0 Å². The minimum atomic E-state index is -0.0709. The van der Waals surface area contributed by atoms with Crippen LogP contribution in [-0.2, 0) is 4.74 Å². The monoisotopic (exact) mass is 251 g/mol. The van der Waals surface area contributed by atoms with Crippen molar-refractivity contribution in [1.29, 1.82) is 0 Å². The van der Waals surface area contributed by atoms with Gasteiger partial charge in [-0.05, 0) is 43.5 Å². The van der Waals surface area contributed by atoms with E-state index >= 15 is 0 Å². The van der Waals surface area contributed by atoms with E-state index in [-0.39, 0.29) is 5.91 Å². The second-order valence-electron chi connectivity index (χ2n) is 4.27. The Morgan fingerprint density at radius 2 is 1.89 bits per heavy atom. The summed E-state index contributed by atoms with van der Waals surface area (Å²) >= 11 is 0. The predicted molar refractivity (Wildman–Crippen MR) is 71.4 cm³/mol. The van der Waals surface area contributed by atoms with Gasteiger partial charge in [0, 0.05) is 19.2 Å². The number of hydrogen-bond acceptors (Lipinski definition) is 3. The Kier molecular flexibility index (Phi) is 5.16. The van der Waals surface area contributed by atoms with Crippen molar-refractivity contribution in [2.24, 2.45) is 0 Å². The molecule has 0 spiro atoms. The highest BCUT2D eigenvalue weighted by Gasteiger charge is 2.15. The minimum Gasteiger partial charge on any atom is -0.496 e. The third-order valence-corrected chi connectivity index (χ3v) is 3.07. The lowest BCUT2D eigenvalue weighted by atomic mass is 9.98. The number of methoxy groups -OCH3 is 2. The summed E-state index contributed by atoms with van der Waals surface area (Å²) in [6.45, 7) is 6.87. The van der Waals surface area contributed by atoms with Gasteiger partial charge < -0.3 is 14.8 Å². The van der Waals surface area contributed by atoms with Crippen LogP contribution in [0, 0.1) is 20.8 Å². The number of rotatable bonds is 5. The van der Waals surface area contributed by atoms with Crippen molar-refractivity contribution in [2.45, 2.75) is 20.8 Å². The molecule has 0 aliphatic carbocycles. The smallest absolute Gasteiger partial charge is 0.251 e. The fraction of sp³-hybridized carbons (Fsp3) is 0.500. The zero-order chi connectivity index (χ0) is 13.7. The first kappa shape index (κ1) is 14.5. The van der Waals surface area contributed by atoms with Crippen LogP contribution in [0.1, 0.15) is 27.0 Å². The van der Waals surface area contributed by atoms with Crippen molar-refractivity contribution in [2.75, 3.05) is 27.4 Å². The normalized spacial score (nSPS) is 10.3. The lowest BCUT2D eigenvalue weighted by Gasteiger charge is -2.15. The van der Waals surface area contributed by atoms with Crippen LogP contribution in [0.15, 0.2) is 6.07 Å². The lowest BCUT2D eigenvalue weighted by molar-refractivity contribution is 0.0936. The molecule has 0 atom stereocenters. The first-order valence-corrected chi connectivity index (χ1v) is 5.94. The van der Waals surface area contributed by atoms with Crippen molar-refractivity contribution < 1.29 is 14.3 Å². The molecule has 4 nitrogen and oxygen atoms in total. The molecule has 0 saturated carbocycles. The van der Waals surface area contributed by atoms with E-state index in [1.54, 1.807) is 14.2 Å². The first-order chi connectivity index (χ1) is 8.52. The summed E-state index contributed by atoms with van der Waals surface area (Å²) in [6.07, 6.45) is 0. The van der Waals surface area contributed by atoms with Crippen molar-refractivity contribution in [1.82, 2.24) is 5.32 Å². The highest BCUT2D eigenvalue weighted by atomic mass is 16.5. The van der Waals surface area contributed by atoms with Crippen molar-refractivity contribution in [3.63, 3.8) is 0 Å². The number of nitrogens with one attached hydrogen (secondary N) is 1. The number of benzene rings is 1. The Morgan fingerprint density at radius 3 is 2.44 bits per heavy atom. The predicted octanol–water partition coefficient (Wildman–Crippen LogP) is 2.00. The molecule has 0 saturated heterocycles. The molecule has 0 aliphatic rings. The van der Waals surface area contributed by atoms with E-state index in [1.807, 2.05) is 26.8 Å². The zero-order valence-corrected chi connectivity index (χ0v) is 11.7. The molecule has 0 aromatic heterocycles. The molecule has 1 amide bonds. The van der Waals surface area contributed by atoms with Gasteiger partial charge in [-0.25, -0.2) is 0 Å². The Balaban J connectivity index is 3.00. The summed E-state index contributed by atoms with van der Waals surface area (Å²) < 4.78 is 10.2. The van der Waals surface area contributed by atoms with Crippen LogP contribution in [0.2, 0.25) is 0 Å². The highest BCUT2D eigenvalue weighted by molar-refractivity contribution is 5.96. The molecule has 0 bridgehead atoms. The van der Waals surface area contributed by atoms with Gasteiger partial charge in [0.15, 0.2) is 0 Å². The first-order valence-electron chi connectivity index (χ1n) is 5.94. The summed E-state index contributed by atoms with van der Waals surface area (Å²) in [5, 5.41) is 2.83. The Morgan fingerprint density at radius 1 is 1.22 bits per heavy atom. The number of carbonyl (C=O) groups excluding carboxylic acids is 1. The van der Waals surface area contributed by atoms with E-state index in [0.29, 0.717) is 18.7 Å². The molecule has 0 unspecified atom stereocenters. The topological polar surface area (TPSA) is 47.6 Å². The van der Waals surface area contributed by atoms with Gasteiger partial charge in [-0.15, -0.1) is 0 Å². The van der Waals surface area contributed by atoms with E-state index in [2.05, 4.69) is 5.32 Å². The number of amides is 1. The molecule has 0 aliphatic heterocycles. The number of hydrogen-bond donors (Lipinski definition) is 1. The molecule has 1 N–H and O–H groups in total. The largest absolute Gasteiger partial charge is 0.496 e. The Hall–Kier alpha value is -1.55. The van der Waals surface area contributed by atoms with Crippen LogP contribution in [-0.4, -0.2) is 33.3 Å². The van der Waals surface area contributed by atoms with E-state index in [9.17, 15) is 4.79 Å². The Bertz CT molecular complexity index is 441. The summed E-state index contributed by atoms with van der Waals surface area (Å²) in [4.78, 5) is 12.0. The van der Waals surface area contributed by atoms with Crippen molar-refractivity contribution in [3.8, 4) is 5.75 Å². The molecular formula is C14H21NO3. The van der Waals surface area contributed by atoms with Gasteiger partial charge in [0.2, 0.25) is 0 Å². The minimum absolute atomic E-state index is 0.0709. The average Bonchev–Trinajstić information content (AvgIpc) is 2.34. The van der Waals surface area contributed by atoms with Crippen LogP contribution in [0.4, 0.5) is 0 Å². The molecule has 18 heavy (non-hydrogen) atoms. The average molecular weight is 251 g/mol. The van der Waals surface area contributed by atoms with E-state index in [0.717, 1.165) is 22.4 Å².